The van der Waals surface area contributed by atoms with E-state index < -0.39 is 29.4 Å². The maximum Gasteiger partial charge on any atom is 0.325 e. The van der Waals surface area contributed by atoms with Crippen molar-refractivity contribution in [2.24, 2.45) is 0 Å². The van der Waals surface area contributed by atoms with Gasteiger partial charge in [0.15, 0.2) is 5.54 Å². The number of urea groups is 1. The maximum atomic E-state index is 13.5. The molecule has 0 aromatic heterocycles. The van der Waals surface area contributed by atoms with Crippen LogP contribution in [0.15, 0.2) is 84.9 Å². The van der Waals surface area contributed by atoms with Crippen LogP contribution in [0.1, 0.15) is 11.1 Å². The zero-order valence-electron chi connectivity index (χ0n) is 16.6. The van der Waals surface area contributed by atoms with Crippen LogP contribution in [0.25, 0.3) is 0 Å². The molecule has 0 radical (unpaired) electrons. The summed E-state index contributed by atoms with van der Waals surface area (Å²) in [7, 11) is 0. The van der Waals surface area contributed by atoms with E-state index in [1.165, 1.54) is 24.3 Å². The molecule has 3 aromatic carbocycles. The van der Waals surface area contributed by atoms with Crippen LogP contribution in [0.5, 0.6) is 5.75 Å². The number of imide groups is 1. The molecule has 0 unspecified atom stereocenters. The van der Waals surface area contributed by atoms with Gasteiger partial charge in [0.05, 0.1) is 6.54 Å². The number of ether oxygens (including phenoxy) is 1. The normalized spacial score (nSPS) is 16.1. The second-order valence-corrected chi connectivity index (χ2v) is 7.25. The van der Waals surface area contributed by atoms with Crippen molar-refractivity contribution < 1.29 is 23.8 Å². The van der Waals surface area contributed by atoms with Crippen LogP contribution in [0.2, 0.25) is 0 Å². The van der Waals surface area contributed by atoms with Crippen molar-refractivity contribution >= 4 is 11.9 Å². The van der Waals surface area contributed by atoms with Crippen molar-refractivity contribution in [3.05, 3.63) is 102 Å². The Kier molecular flexibility index (Phi) is 5.68. The van der Waals surface area contributed by atoms with Crippen LogP contribution < -0.4 is 10.1 Å². The molecule has 158 valence electrons. The zero-order chi connectivity index (χ0) is 21.8. The van der Waals surface area contributed by atoms with Crippen molar-refractivity contribution in [1.29, 1.82) is 0 Å². The number of halogens is 1. The number of carbonyl (C=O) groups excluding carboxylic acids is 2. The Morgan fingerprint density at radius 2 is 1.45 bits per heavy atom. The highest BCUT2D eigenvalue weighted by atomic mass is 19.1. The maximum absolute atomic E-state index is 13.5. The number of carbonyl (C=O) groups is 2. The molecular formula is C24H21FN2O4. The summed E-state index contributed by atoms with van der Waals surface area (Å²) in [6, 6.07) is 22.7. The molecule has 1 heterocycles. The van der Waals surface area contributed by atoms with Gasteiger partial charge >= 0.3 is 6.03 Å². The molecule has 3 amide bonds. The zero-order valence-corrected chi connectivity index (χ0v) is 16.6. The van der Waals surface area contributed by atoms with Gasteiger partial charge in [-0.3, -0.25) is 9.69 Å². The molecule has 1 atom stereocenters. The number of rotatable bonds is 7. The Hall–Kier alpha value is -3.71. The molecule has 1 fully saturated rings. The van der Waals surface area contributed by atoms with Gasteiger partial charge in [-0.15, -0.1) is 0 Å². The molecule has 0 bridgehead atoms. The fourth-order valence-electron chi connectivity index (χ4n) is 3.66. The first-order chi connectivity index (χ1) is 15.0. The molecular weight excluding hydrogens is 399 g/mol. The number of nitrogens with zero attached hydrogens (tertiary/aromatic N) is 1. The van der Waals surface area contributed by atoms with Gasteiger partial charge in [0.1, 0.15) is 24.3 Å². The monoisotopic (exact) mass is 420 g/mol. The molecule has 31 heavy (non-hydrogen) atoms. The second-order valence-electron chi connectivity index (χ2n) is 7.25. The molecule has 1 aliphatic rings. The SMILES string of the molecule is O=C1NC(c2ccccc2)(c2ccccc2)C(=O)N1C[C@H](O)COc1ccc(F)cc1. The Morgan fingerprint density at radius 1 is 0.903 bits per heavy atom. The van der Waals surface area contributed by atoms with Gasteiger partial charge in [-0.2, -0.15) is 0 Å². The van der Waals surface area contributed by atoms with Crippen LogP contribution in [-0.2, 0) is 10.3 Å². The minimum Gasteiger partial charge on any atom is -0.491 e. The molecule has 0 spiro atoms. The average Bonchev–Trinajstić information content (AvgIpc) is 3.05. The third-order valence-corrected chi connectivity index (χ3v) is 5.17. The van der Waals surface area contributed by atoms with Crippen molar-refractivity contribution in [2.45, 2.75) is 11.6 Å². The van der Waals surface area contributed by atoms with E-state index >= 15 is 0 Å². The van der Waals surface area contributed by atoms with E-state index in [1.54, 1.807) is 48.5 Å². The number of β-amino-alcohol motifs (C(OH)–C–C–N with tert-alkyl or cyclic N) is 1. The highest BCUT2D eigenvalue weighted by molar-refractivity contribution is 6.09. The summed E-state index contributed by atoms with van der Waals surface area (Å²) in [6.07, 6.45) is -1.12. The number of aliphatic hydroxyl groups excluding tert-OH is 1. The van der Waals surface area contributed by atoms with Gasteiger partial charge in [0.25, 0.3) is 5.91 Å². The Morgan fingerprint density at radius 3 is 2.00 bits per heavy atom. The van der Waals surface area contributed by atoms with E-state index in [-0.39, 0.29) is 13.2 Å². The summed E-state index contributed by atoms with van der Waals surface area (Å²) in [5.41, 5.74) is -0.130. The average molecular weight is 420 g/mol. The van der Waals surface area contributed by atoms with E-state index in [1.807, 2.05) is 12.1 Å². The quantitative estimate of drug-likeness (QED) is 0.576. The summed E-state index contributed by atoms with van der Waals surface area (Å²) >= 11 is 0. The second kappa shape index (κ2) is 8.57. The largest absolute Gasteiger partial charge is 0.491 e. The van der Waals surface area contributed by atoms with E-state index in [0.29, 0.717) is 16.9 Å². The number of hydrogen-bond donors (Lipinski definition) is 2. The predicted molar refractivity (Wildman–Crippen MR) is 112 cm³/mol. The minimum absolute atomic E-state index is 0.160. The fourth-order valence-corrected chi connectivity index (χ4v) is 3.66. The van der Waals surface area contributed by atoms with E-state index in [4.69, 9.17) is 4.74 Å². The van der Waals surface area contributed by atoms with Gasteiger partial charge < -0.3 is 15.2 Å². The van der Waals surface area contributed by atoms with E-state index in [9.17, 15) is 19.1 Å². The van der Waals surface area contributed by atoms with Gasteiger partial charge in [0.2, 0.25) is 0 Å². The first kappa shape index (κ1) is 20.6. The molecule has 4 rings (SSSR count). The van der Waals surface area contributed by atoms with Crippen LogP contribution in [0, 0.1) is 5.82 Å². The third kappa shape index (κ3) is 4.00. The van der Waals surface area contributed by atoms with Crippen LogP contribution in [0.3, 0.4) is 0 Å². The molecule has 0 saturated carbocycles. The van der Waals surface area contributed by atoms with Gasteiger partial charge in [-0.05, 0) is 35.4 Å². The van der Waals surface area contributed by atoms with Crippen molar-refractivity contribution in [3.8, 4) is 5.75 Å². The topological polar surface area (TPSA) is 78.9 Å². The molecule has 1 saturated heterocycles. The van der Waals surface area contributed by atoms with Crippen LogP contribution in [0.4, 0.5) is 9.18 Å². The summed E-state index contributed by atoms with van der Waals surface area (Å²) in [5.74, 6) is -0.498. The predicted octanol–water partition coefficient (Wildman–Crippen LogP) is 3.06. The lowest BCUT2D eigenvalue weighted by molar-refractivity contribution is -0.131. The third-order valence-electron chi connectivity index (χ3n) is 5.17. The van der Waals surface area contributed by atoms with Gasteiger partial charge in [0, 0.05) is 0 Å². The molecule has 0 aliphatic carbocycles. The molecule has 1 aliphatic heterocycles. The number of benzene rings is 3. The molecule has 3 aromatic rings. The van der Waals surface area contributed by atoms with Crippen molar-refractivity contribution in [2.75, 3.05) is 13.2 Å². The number of nitrogens with one attached hydrogen (secondary N) is 1. The number of aliphatic hydroxyl groups is 1. The lowest BCUT2D eigenvalue weighted by Gasteiger charge is -2.28. The Balaban J connectivity index is 1.55. The highest BCUT2D eigenvalue weighted by Crippen LogP contribution is 2.36. The van der Waals surface area contributed by atoms with E-state index in [0.717, 1.165) is 4.90 Å². The van der Waals surface area contributed by atoms with Gasteiger partial charge in [-0.1, -0.05) is 60.7 Å². The summed E-state index contributed by atoms with van der Waals surface area (Å²) in [6.45, 7) is -0.403. The van der Waals surface area contributed by atoms with E-state index in [2.05, 4.69) is 5.32 Å². The minimum atomic E-state index is -1.38. The van der Waals surface area contributed by atoms with Crippen LogP contribution >= 0.6 is 0 Å². The number of amides is 3. The fraction of sp³-hybridized carbons (Fsp3) is 0.167. The summed E-state index contributed by atoms with van der Waals surface area (Å²) < 4.78 is 18.4. The highest BCUT2D eigenvalue weighted by Gasteiger charge is 2.53. The van der Waals surface area contributed by atoms with Gasteiger partial charge in [-0.25, -0.2) is 9.18 Å². The lowest BCUT2D eigenvalue weighted by Crippen LogP contribution is -2.46. The van der Waals surface area contributed by atoms with Crippen molar-refractivity contribution in [3.63, 3.8) is 0 Å². The lowest BCUT2D eigenvalue weighted by atomic mass is 9.82. The smallest absolute Gasteiger partial charge is 0.325 e. The first-order valence-electron chi connectivity index (χ1n) is 9.82. The molecule has 2 N–H and O–H groups in total. The summed E-state index contributed by atoms with van der Waals surface area (Å²) in [5, 5.41) is 13.2. The van der Waals surface area contributed by atoms with Crippen LogP contribution in [-0.4, -0.2) is 41.2 Å². The Bertz CT molecular complexity index is 1020. The molecule has 7 heteroatoms. The Labute approximate surface area is 178 Å². The van der Waals surface area contributed by atoms with Crippen molar-refractivity contribution in [1.82, 2.24) is 10.2 Å². The first-order valence-corrected chi connectivity index (χ1v) is 9.82. The standard InChI is InChI=1S/C24H21FN2O4/c25-19-11-13-21(14-12-19)31-16-20(28)15-27-22(29)24(26-23(27)30,17-7-3-1-4-8-17)18-9-5-2-6-10-18/h1-14,20,28H,15-16H2,(H,26,30)/t20-/m0/s1. The number of hydrogen-bond acceptors (Lipinski definition) is 4. The summed E-state index contributed by atoms with van der Waals surface area (Å²) in [4.78, 5) is 27.3. The molecule has 6 nitrogen and oxygen atoms in total.